The van der Waals surface area contributed by atoms with Gasteiger partial charge in [-0.1, -0.05) is 30.3 Å². The average molecular weight is 221 g/mol. The van der Waals surface area contributed by atoms with E-state index in [1.165, 1.54) is 11.9 Å². The van der Waals surface area contributed by atoms with Crippen molar-refractivity contribution < 1.29 is 14.6 Å². The second-order valence-corrected chi connectivity index (χ2v) is 4.35. The quantitative estimate of drug-likeness (QED) is 0.785. The number of cyclic esters (lactones) is 1. The molecule has 2 atom stereocenters. The highest BCUT2D eigenvalue weighted by Gasteiger charge is 2.58. The number of likely N-dealkylation sites (N-methyl/N-ethyl adjacent to an activating group) is 1. The molecule has 0 radical (unpaired) electrons. The topological polar surface area (TPSA) is 49.8 Å². The van der Waals surface area contributed by atoms with Crippen LogP contribution in [0.1, 0.15) is 19.4 Å². The number of nitrogens with zero attached hydrogens (tertiary/aromatic N) is 1. The number of benzene rings is 1. The minimum absolute atomic E-state index is 0.517. The lowest BCUT2D eigenvalue weighted by atomic mass is 9.86. The summed E-state index contributed by atoms with van der Waals surface area (Å²) in [7, 11) is 1.52. The van der Waals surface area contributed by atoms with Crippen molar-refractivity contribution in [3.63, 3.8) is 0 Å². The van der Waals surface area contributed by atoms with Crippen LogP contribution in [0.15, 0.2) is 30.3 Å². The molecule has 1 aromatic carbocycles. The van der Waals surface area contributed by atoms with E-state index >= 15 is 0 Å². The third kappa shape index (κ3) is 1.23. The van der Waals surface area contributed by atoms with Gasteiger partial charge >= 0.3 is 6.09 Å². The Morgan fingerprint density at radius 2 is 1.81 bits per heavy atom. The average Bonchev–Trinajstić information content (AvgIpc) is 2.42. The predicted octanol–water partition coefficient (Wildman–Crippen LogP) is 1.69. The number of amides is 1. The molecule has 1 fully saturated rings. The molecule has 86 valence electrons. The Morgan fingerprint density at radius 1 is 1.25 bits per heavy atom. The Labute approximate surface area is 94.4 Å². The first-order valence-corrected chi connectivity index (χ1v) is 5.14. The van der Waals surface area contributed by atoms with Crippen LogP contribution < -0.4 is 0 Å². The Hall–Kier alpha value is -1.55. The highest BCUT2D eigenvalue weighted by molar-refractivity contribution is 5.72. The molecule has 0 saturated carbocycles. The monoisotopic (exact) mass is 221 g/mol. The van der Waals surface area contributed by atoms with E-state index in [2.05, 4.69) is 0 Å². The first-order valence-electron chi connectivity index (χ1n) is 5.14. The number of carbonyl (C=O) groups is 1. The molecule has 2 rings (SSSR count). The van der Waals surface area contributed by atoms with Crippen molar-refractivity contribution in [2.45, 2.75) is 25.2 Å². The van der Waals surface area contributed by atoms with E-state index in [9.17, 15) is 9.90 Å². The predicted molar refractivity (Wildman–Crippen MR) is 58.7 cm³/mol. The van der Waals surface area contributed by atoms with Crippen LogP contribution in [0.3, 0.4) is 0 Å². The van der Waals surface area contributed by atoms with Crippen LogP contribution in [-0.2, 0) is 10.3 Å². The van der Waals surface area contributed by atoms with Crippen LogP contribution in [0.25, 0.3) is 0 Å². The SMILES string of the molecule is CN1C(=O)O[C@](C)(c2ccccc2)[C@]1(C)O. The van der Waals surface area contributed by atoms with Crippen molar-refractivity contribution in [1.82, 2.24) is 4.90 Å². The minimum atomic E-state index is -1.36. The van der Waals surface area contributed by atoms with Crippen molar-refractivity contribution in [3.05, 3.63) is 35.9 Å². The molecule has 4 heteroatoms. The van der Waals surface area contributed by atoms with Gasteiger partial charge in [0.1, 0.15) is 0 Å². The molecular formula is C12H15NO3. The number of hydrogen-bond donors (Lipinski definition) is 1. The molecule has 0 bridgehead atoms. The van der Waals surface area contributed by atoms with Crippen LogP contribution in [0, 0.1) is 0 Å². The third-order valence-corrected chi connectivity index (χ3v) is 3.45. The first kappa shape index (κ1) is 11.0. The minimum Gasteiger partial charge on any atom is -0.433 e. The Morgan fingerprint density at radius 3 is 2.25 bits per heavy atom. The van der Waals surface area contributed by atoms with E-state index in [1.807, 2.05) is 30.3 Å². The second kappa shape index (κ2) is 3.22. The van der Waals surface area contributed by atoms with Gasteiger partial charge in [-0.05, 0) is 13.8 Å². The standard InChI is InChI=1S/C12H15NO3/c1-11(9-7-5-4-6-8-9)12(2,15)13(3)10(14)16-11/h4-8,15H,1-3H3/t11-,12+/m1/s1. The van der Waals surface area contributed by atoms with Gasteiger partial charge in [-0.3, -0.25) is 4.90 Å². The maximum atomic E-state index is 11.5. The summed E-state index contributed by atoms with van der Waals surface area (Å²) in [6.45, 7) is 3.29. The molecule has 0 spiro atoms. The molecule has 1 aliphatic rings. The Kier molecular flexibility index (Phi) is 2.20. The third-order valence-electron chi connectivity index (χ3n) is 3.45. The number of rotatable bonds is 1. The highest BCUT2D eigenvalue weighted by Crippen LogP contribution is 2.43. The van der Waals surface area contributed by atoms with Crippen LogP contribution in [0.5, 0.6) is 0 Å². The van der Waals surface area contributed by atoms with Gasteiger partial charge in [0.25, 0.3) is 0 Å². The summed E-state index contributed by atoms with van der Waals surface area (Å²) in [4.78, 5) is 12.7. The normalized spacial score (nSPS) is 34.0. The maximum Gasteiger partial charge on any atom is 0.412 e. The molecule has 4 nitrogen and oxygen atoms in total. The highest BCUT2D eigenvalue weighted by atomic mass is 16.6. The molecule has 0 unspecified atom stereocenters. The molecule has 0 aliphatic carbocycles. The van der Waals surface area contributed by atoms with Gasteiger partial charge in [0.15, 0.2) is 11.3 Å². The number of hydrogen-bond acceptors (Lipinski definition) is 3. The molecular weight excluding hydrogens is 206 g/mol. The van der Waals surface area contributed by atoms with Gasteiger partial charge < -0.3 is 9.84 Å². The fraction of sp³-hybridized carbons (Fsp3) is 0.417. The van der Waals surface area contributed by atoms with Gasteiger partial charge in [-0.15, -0.1) is 0 Å². The van der Waals surface area contributed by atoms with E-state index in [4.69, 9.17) is 4.74 Å². The van der Waals surface area contributed by atoms with Crippen LogP contribution >= 0.6 is 0 Å². The number of ether oxygens (including phenoxy) is 1. The van der Waals surface area contributed by atoms with E-state index < -0.39 is 17.4 Å². The van der Waals surface area contributed by atoms with Crippen molar-refractivity contribution in [2.24, 2.45) is 0 Å². The second-order valence-electron chi connectivity index (χ2n) is 4.35. The molecule has 1 heterocycles. The largest absolute Gasteiger partial charge is 0.433 e. The van der Waals surface area contributed by atoms with Crippen molar-refractivity contribution in [3.8, 4) is 0 Å². The summed E-state index contributed by atoms with van der Waals surface area (Å²) in [5.41, 5.74) is -1.62. The summed E-state index contributed by atoms with van der Waals surface area (Å²) in [6.07, 6.45) is -0.517. The van der Waals surface area contributed by atoms with E-state index in [0.717, 1.165) is 5.56 Å². The molecule has 0 aromatic heterocycles. The van der Waals surface area contributed by atoms with Crippen LogP contribution in [0.2, 0.25) is 0 Å². The maximum absolute atomic E-state index is 11.5. The zero-order valence-electron chi connectivity index (χ0n) is 9.60. The van der Waals surface area contributed by atoms with Crippen molar-refractivity contribution >= 4 is 6.09 Å². The van der Waals surface area contributed by atoms with Crippen LogP contribution in [-0.4, -0.2) is 28.9 Å². The van der Waals surface area contributed by atoms with Gasteiger partial charge in [0.2, 0.25) is 0 Å². The smallest absolute Gasteiger partial charge is 0.412 e. The van der Waals surface area contributed by atoms with Crippen LogP contribution in [0.4, 0.5) is 4.79 Å². The zero-order valence-corrected chi connectivity index (χ0v) is 9.60. The van der Waals surface area contributed by atoms with E-state index in [-0.39, 0.29) is 0 Å². The summed E-state index contributed by atoms with van der Waals surface area (Å²) >= 11 is 0. The first-order chi connectivity index (χ1) is 7.39. The van der Waals surface area contributed by atoms with Gasteiger partial charge in [0, 0.05) is 12.6 Å². The molecule has 1 N–H and O–H groups in total. The van der Waals surface area contributed by atoms with E-state index in [1.54, 1.807) is 13.8 Å². The van der Waals surface area contributed by atoms with Gasteiger partial charge in [-0.2, -0.15) is 0 Å². The summed E-state index contributed by atoms with van der Waals surface area (Å²) < 4.78 is 5.30. The lowest BCUT2D eigenvalue weighted by Gasteiger charge is -2.36. The fourth-order valence-electron chi connectivity index (χ4n) is 1.93. The van der Waals surface area contributed by atoms with Gasteiger partial charge in [0.05, 0.1) is 0 Å². The molecule has 1 amide bonds. The molecule has 1 aliphatic heterocycles. The Balaban J connectivity index is 2.51. The number of carbonyl (C=O) groups excluding carboxylic acids is 1. The van der Waals surface area contributed by atoms with Crippen molar-refractivity contribution in [1.29, 1.82) is 0 Å². The molecule has 16 heavy (non-hydrogen) atoms. The van der Waals surface area contributed by atoms with E-state index in [0.29, 0.717) is 0 Å². The fourth-order valence-corrected chi connectivity index (χ4v) is 1.93. The summed E-state index contributed by atoms with van der Waals surface area (Å²) in [5, 5.41) is 10.4. The summed E-state index contributed by atoms with van der Waals surface area (Å²) in [6, 6.07) is 9.25. The lowest BCUT2D eigenvalue weighted by Crippen LogP contribution is -2.51. The zero-order chi connectivity index (χ0) is 12.0. The van der Waals surface area contributed by atoms with Crippen molar-refractivity contribution in [2.75, 3.05) is 7.05 Å². The summed E-state index contributed by atoms with van der Waals surface area (Å²) in [5.74, 6) is 0. The van der Waals surface area contributed by atoms with Gasteiger partial charge in [-0.25, -0.2) is 4.79 Å². The molecule has 1 saturated heterocycles. The Bertz CT molecular complexity index is 416. The lowest BCUT2D eigenvalue weighted by molar-refractivity contribution is -0.135. The molecule has 1 aromatic rings. The number of aliphatic hydroxyl groups is 1.